The zero-order chi connectivity index (χ0) is 23.4. The fourth-order valence-electron chi connectivity index (χ4n) is 3.61. The summed E-state index contributed by atoms with van der Waals surface area (Å²) in [6.45, 7) is 6.00. The average Bonchev–Trinajstić information content (AvgIpc) is 3.55. The van der Waals surface area contributed by atoms with E-state index in [0.717, 1.165) is 36.9 Å². The van der Waals surface area contributed by atoms with Crippen molar-refractivity contribution in [3.63, 3.8) is 0 Å². The molecule has 0 radical (unpaired) electrons. The molecule has 2 aromatic heterocycles. The van der Waals surface area contributed by atoms with Gasteiger partial charge >= 0.3 is 6.03 Å². The van der Waals surface area contributed by atoms with Crippen LogP contribution in [0.15, 0.2) is 47.9 Å². The summed E-state index contributed by atoms with van der Waals surface area (Å²) >= 11 is 1.28. The van der Waals surface area contributed by atoms with Crippen LogP contribution < -0.4 is 10.6 Å². The number of amides is 3. The maximum absolute atomic E-state index is 12.7. The van der Waals surface area contributed by atoms with Crippen LogP contribution in [0.5, 0.6) is 0 Å². The Balaban J connectivity index is 1.70. The second-order valence-electron chi connectivity index (χ2n) is 8.01. The van der Waals surface area contributed by atoms with Gasteiger partial charge in [0.15, 0.2) is 11.0 Å². The van der Waals surface area contributed by atoms with Gasteiger partial charge < -0.3 is 5.32 Å². The lowest BCUT2D eigenvalue weighted by atomic mass is 10.0. The standard InChI is InChI=1S/C24H28N6O2S/c1-4-16-8-6-9-17(5-2)20(16)30-21(18-10-7-13-25-14-18)28-29-24(30)33-15(3)22(31)27-23(32)26-19-11-12-19/h6-10,13-15,19H,4-5,11-12H2,1-3H3,(H2,26,27,31,32). The Morgan fingerprint density at radius 3 is 2.45 bits per heavy atom. The van der Waals surface area contributed by atoms with Crippen LogP contribution >= 0.6 is 11.8 Å². The van der Waals surface area contributed by atoms with Gasteiger partial charge in [-0.25, -0.2) is 4.79 Å². The number of nitrogens with zero attached hydrogens (tertiary/aromatic N) is 4. The molecule has 33 heavy (non-hydrogen) atoms. The van der Waals surface area contributed by atoms with Gasteiger partial charge in [0, 0.05) is 24.0 Å². The SMILES string of the molecule is CCc1cccc(CC)c1-n1c(SC(C)C(=O)NC(=O)NC2CC2)nnc1-c1cccnc1. The van der Waals surface area contributed by atoms with Gasteiger partial charge in [-0.3, -0.25) is 19.7 Å². The monoisotopic (exact) mass is 464 g/mol. The number of aromatic nitrogens is 4. The molecule has 9 heteroatoms. The van der Waals surface area contributed by atoms with E-state index in [9.17, 15) is 9.59 Å². The average molecular weight is 465 g/mol. The number of urea groups is 1. The second kappa shape index (κ2) is 10.2. The van der Waals surface area contributed by atoms with Gasteiger partial charge in [0.25, 0.3) is 0 Å². The third-order valence-corrected chi connectivity index (χ3v) is 6.59. The first kappa shape index (κ1) is 23.0. The minimum Gasteiger partial charge on any atom is -0.335 e. The molecule has 8 nitrogen and oxygen atoms in total. The van der Waals surface area contributed by atoms with Crippen molar-refractivity contribution in [2.45, 2.75) is 62.9 Å². The number of pyridine rings is 1. The molecule has 3 amide bonds. The van der Waals surface area contributed by atoms with Gasteiger partial charge in [-0.05, 0) is 55.9 Å². The number of benzene rings is 1. The fourth-order valence-corrected chi connectivity index (χ4v) is 4.46. The maximum Gasteiger partial charge on any atom is 0.321 e. The van der Waals surface area contributed by atoms with Crippen LogP contribution in [0.3, 0.4) is 0 Å². The number of para-hydroxylation sites is 1. The first-order valence-electron chi connectivity index (χ1n) is 11.3. The summed E-state index contributed by atoms with van der Waals surface area (Å²) in [5.41, 5.74) is 4.21. The van der Waals surface area contributed by atoms with Gasteiger partial charge in [-0.2, -0.15) is 0 Å². The highest BCUT2D eigenvalue weighted by Gasteiger charge is 2.27. The lowest BCUT2D eigenvalue weighted by Crippen LogP contribution is -2.43. The second-order valence-corrected chi connectivity index (χ2v) is 9.32. The van der Waals surface area contributed by atoms with E-state index in [0.29, 0.717) is 11.0 Å². The summed E-state index contributed by atoms with van der Waals surface area (Å²) in [5.74, 6) is 0.301. The first-order chi connectivity index (χ1) is 16.0. The number of carbonyl (C=O) groups excluding carboxylic acids is 2. The van der Waals surface area contributed by atoms with E-state index >= 15 is 0 Å². The molecule has 1 unspecified atom stereocenters. The molecule has 1 fully saturated rings. The number of nitrogens with one attached hydrogen (secondary N) is 2. The quantitative estimate of drug-likeness (QED) is 0.490. The van der Waals surface area contributed by atoms with Crippen molar-refractivity contribution in [1.82, 2.24) is 30.4 Å². The summed E-state index contributed by atoms with van der Waals surface area (Å²) in [5, 5.41) is 14.2. The zero-order valence-corrected chi connectivity index (χ0v) is 19.9. The van der Waals surface area contributed by atoms with E-state index in [-0.39, 0.29) is 11.9 Å². The molecule has 1 saturated carbocycles. The minimum absolute atomic E-state index is 0.184. The Kier molecular flexibility index (Phi) is 7.08. The van der Waals surface area contributed by atoms with Crippen molar-refractivity contribution < 1.29 is 9.59 Å². The zero-order valence-electron chi connectivity index (χ0n) is 19.0. The fraction of sp³-hybridized carbons (Fsp3) is 0.375. The van der Waals surface area contributed by atoms with E-state index in [1.54, 1.807) is 19.3 Å². The molecule has 0 bridgehead atoms. The van der Waals surface area contributed by atoms with Crippen LogP contribution in [0.1, 0.15) is 44.7 Å². The summed E-state index contributed by atoms with van der Waals surface area (Å²) in [4.78, 5) is 28.9. The third-order valence-electron chi connectivity index (χ3n) is 5.54. The molecule has 4 rings (SSSR count). The van der Waals surface area contributed by atoms with Gasteiger partial charge in [-0.15, -0.1) is 10.2 Å². The number of carbonyl (C=O) groups is 2. The predicted octanol–water partition coefficient (Wildman–Crippen LogP) is 3.92. The molecule has 1 aliphatic rings. The van der Waals surface area contributed by atoms with Crippen molar-refractivity contribution in [2.75, 3.05) is 0 Å². The number of hydrogen-bond acceptors (Lipinski definition) is 6. The normalized spacial score (nSPS) is 14.0. The molecular formula is C24H28N6O2S. The molecule has 1 aromatic carbocycles. The highest BCUT2D eigenvalue weighted by molar-refractivity contribution is 8.00. The van der Waals surface area contributed by atoms with Crippen molar-refractivity contribution >= 4 is 23.7 Å². The van der Waals surface area contributed by atoms with E-state index in [1.165, 1.54) is 22.9 Å². The Morgan fingerprint density at radius 2 is 1.85 bits per heavy atom. The molecule has 0 spiro atoms. The van der Waals surface area contributed by atoms with Gasteiger partial charge in [-0.1, -0.05) is 43.8 Å². The summed E-state index contributed by atoms with van der Waals surface area (Å²) in [6.07, 6.45) is 7.08. The Labute approximate surface area is 197 Å². The summed E-state index contributed by atoms with van der Waals surface area (Å²) < 4.78 is 2.02. The molecular weight excluding hydrogens is 436 g/mol. The topological polar surface area (TPSA) is 102 Å². The first-order valence-corrected chi connectivity index (χ1v) is 12.1. The molecule has 172 valence electrons. The van der Waals surface area contributed by atoms with Gasteiger partial charge in [0.05, 0.1) is 10.9 Å². The Hall–Kier alpha value is -3.20. The predicted molar refractivity (Wildman–Crippen MR) is 128 cm³/mol. The number of thioether (sulfide) groups is 1. The molecule has 0 saturated heterocycles. The van der Waals surface area contributed by atoms with Crippen molar-refractivity contribution in [3.8, 4) is 17.1 Å². The molecule has 2 heterocycles. The van der Waals surface area contributed by atoms with Crippen molar-refractivity contribution in [2.24, 2.45) is 0 Å². The number of hydrogen-bond donors (Lipinski definition) is 2. The molecule has 1 aliphatic carbocycles. The third kappa shape index (κ3) is 5.24. The van der Waals surface area contributed by atoms with E-state index in [2.05, 4.69) is 57.9 Å². The van der Waals surface area contributed by atoms with Crippen LogP contribution in [0.2, 0.25) is 0 Å². The highest BCUT2D eigenvalue weighted by Crippen LogP contribution is 2.33. The number of rotatable bonds is 8. The minimum atomic E-state index is -0.543. The van der Waals surface area contributed by atoms with Gasteiger partial charge in [0.1, 0.15) is 0 Å². The van der Waals surface area contributed by atoms with Crippen LogP contribution in [0.25, 0.3) is 17.1 Å². The van der Waals surface area contributed by atoms with E-state index in [1.807, 2.05) is 16.7 Å². The smallest absolute Gasteiger partial charge is 0.321 e. The lowest BCUT2D eigenvalue weighted by molar-refractivity contribution is -0.119. The molecule has 3 aromatic rings. The Bertz CT molecular complexity index is 1120. The molecule has 1 atom stereocenters. The highest BCUT2D eigenvalue weighted by atomic mass is 32.2. The largest absolute Gasteiger partial charge is 0.335 e. The summed E-state index contributed by atoms with van der Waals surface area (Å²) in [7, 11) is 0. The van der Waals surface area contributed by atoms with Crippen LogP contribution in [-0.4, -0.2) is 43.0 Å². The van der Waals surface area contributed by atoms with E-state index in [4.69, 9.17) is 0 Å². The van der Waals surface area contributed by atoms with Crippen LogP contribution in [-0.2, 0) is 17.6 Å². The Morgan fingerprint density at radius 1 is 1.12 bits per heavy atom. The van der Waals surface area contributed by atoms with Crippen LogP contribution in [0, 0.1) is 0 Å². The molecule has 2 N–H and O–H groups in total. The van der Waals surface area contributed by atoms with E-state index < -0.39 is 11.3 Å². The lowest BCUT2D eigenvalue weighted by Gasteiger charge is -2.19. The van der Waals surface area contributed by atoms with Crippen molar-refractivity contribution in [1.29, 1.82) is 0 Å². The van der Waals surface area contributed by atoms with Gasteiger partial charge in [0.2, 0.25) is 5.91 Å². The molecule has 0 aliphatic heterocycles. The number of imide groups is 1. The number of aryl methyl sites for hydroxylation is 2. The van der Waals surface area contributed by atoms with Crippen molar-refractivity contribution in [3.05, 3.63) is 53.9 Å². The maximum atomic E-state index is 12.7. The van der Waals surface area contributed by atoms with Crippen LogP contribution in [0.4, 0.5) is 4.79 Å². The summed E-state index contributed by atoms with van der Waals surface area (Å²) in [6, 6.07) is 9.82.